The normalized spacial score (nSPS) is 27.0. The van der Waals surface area contributed by atoms with Crippen molar-refractivity contribution in [2.75, 3.05) is 80.8 Å². The van der Waals surface area contributed by atoms with Gasteiger partial charge in [0, 0.05) is 92.6 Å². The number of aromatic nitrogens is 2. The minimum absolute atomic E-state index is 0.0295. The number of anilines is 4. The van der Waals surface area contributed by atoms with Crippen LogP contribution in [0.1, 0.15) is 78.9 Å². The lowest BCUT2D eigenvalue weighted by atomic mass is 9.59. The second kappa shape index (κ2) is 17.9. The van der Waals surface area contributed by atoms with Gasteiger partial charge in [-0.05, 0) is 105 Å². The van der Waals surface area contributed by atoms with Crippen molar-refractivity contribution in [2.24, 2.45) is 11.3 Å². The molecule has 72 heavy (non-hydrogen) atoms. The molecule has 2 bridgehead atoms. The zero-order chi connectivity index (χ0) is 48.9. The molecule has 378 valence electrons. The van der Waals surface area contributed by atoms with E-state index in [2.05, 4.69) is 60.9 Å². The first-order valence-electron chi connectivity index (χ1n) is 25.8. The summed E-state index contributed by atoms with van der Waals surface area (Å²) in [6, 6.07) is 21.7. The van der Waals surface area contributed by atoms with Crippen LogP contribution in [0.3, 0.4) is 0 Å². The highest BCUT2D eigenvalue weighted by molar-refractivity contribution is 7.90. The Labute approximate surface area is 418 Å². The molecule has 3 N–H and O–H groups in total. The van der Waals surface area contributed by atoms with Gasteiger partial charge in [0.2, 0.25) is 5.88 Å². The fourth-order valence-corrected chi connectivity index (χ4v) is 14.4. The van der Waals surface area contributed by atoms with Crippen LogP contribution in [0, 0.1) is 28.4 Å². The first-order chi connectivity index (χ1) is 34.9. The van der Waals surface area contributed by atoms with Gasteiger partial charge in [0.1, 0.15) is 24.0 Å². The van der Waals surface area contributed by atoms with Crippen molar-refractivity contribution in [3.05, 3.63) is 99.7 Å². The second-order valence-electron chi connectivity index (χ2n) is 21.6. The molecule has 13 rings (SSSR count). The summed E-state index contributed by atoms with van der Waals surface area (Å²) >= 11 is 0. The number of aryl methyl sites for hydroxylation is 1. The SMILES string of the molecule is Cc1ccccc1[C@@H]1CCCN1C1CC2(CCN(c3ccc(C(=O)NS(=O)(=O)c4cc5c(c([N+](=O)[O-])c4)N[C@@H](CN4C[C@H]6C[C@@H]4CO6)CO5)c(N4C[C@H]5COCC[C@H]5Oc5nc6[nH]ccc6cc54)c3)CC2)C1. The van der Waals surface area contributed by atoms with Crippen molar-refractivity contribution in [3.63, 3.8) is 0 Å². The van der Waals surface area contributed by atoms with Crippen LogP contribution < -0.4 is 29.3 Å². The van der Waals surface area contributed by atoms with E-state index in [1.54, 1.807) is 6.07 Å². The topological polar surface area (TPSA) is 197 Å². The summed E-state index contributed by atoms with van der Waals surface area (Å²) < 4.78 is 55.6. The van der Waals surface area contributed by atoms with Crippen LogP contribution in [0.25, 0.3) is 11.0 Å². The number of H-pyrrole nitrogens is 1. The van der Waals surface area contributed by atoms with Gasteiger partial charge in [-0.2, -0.15) is 4.98 Å². The predicted octanol–water partition coefficient (Wildman–Crippen LogP) is 7.07. The van der Waals surface area contributed by atoms with Gasteiger partial charge in [0.05, 0.1) is 53.0 Å². The molecule has 9 heterocycles. The van der Waals surface area contributed by atoms with Crippen molar-refractivity contribution >= 4 is 55.4 Å². The fourth-order valence-electron chi connectivity index (χ4n) is 13.4. The van der Waals surface area contributed by atoms with Crippen molar-refractivity contribution in [2.45, 2.75) is 99.6 Å². The van der Waals surface area contributed by atoms with E-state index in [0.29, 0.717) is 85.8 Å². The summed E-state index contributed by atoms with van der Waals surface area (Å²) in [6.45, 7) is 8.68. The standard InChI is InChI=1S/C53H61N9O9S/c1-32-5-2-3-6-41(32)43-7-4-15-60(43)38-24-53(25-38)12-16-58(17-13-53)36-8-9-42(44(21-36)61-26-34-29-68-18-11-47(34)71-52-46(61)19-33-10-14-54-50(33)56-52)51(63)57-72(66,67)40-22-45(62(64)65)49-48(23-40)70-30-35(55-49)27-59-28-39-20-37(59)31-69-39/h2-3,5-6,8-10,14,19,21-23,34-35,37-39,43,47,55H,4,7,11-13,15-18,20,24-31H2,1H3,(H,54,56)(H,57,63)/t34-,35-,37+,39+,43-,47+/m0/s1. The van der Waals surface area contributed by atoms with Gasteiger partial charge in [0.15, 0.2) is 11.4 Å². The molecule has 1 spiro atoms. The molecular weight excluding hydrogens is 939 g/mol. The van der Waals surface area contributed by atoms with Crippen LogP contribution in [0.5, 0.6) is 11.6 Å². The van der Waals surface area contributed by atoms with E-state index in [-0.39, 0.29) is 47.8 Å². The molecule has 6 fully saturated rings. The Morgan fingerprint density at radius 2 is 1.83 bits per heavy atom. The Morgan fingerprint density at radius 3 is 2.64 bits per heavy atom. The van der Waals surface area contributed by atoms with E-state index in [9.17, 15) is 23.3 Å². The molecule has 1 aliphatic carbocycles. The third kappa shape index (κ3) is 8.20. The second-order valence-corrected chi connectivity index (χ2v) is 23.3. The van der Waals surface area contributed by atoms with Crippen LogP contribution in [0.4, 0.5) is 28.4 Å². The minimum atomic E-state index is -4.69. The lowest BCUT2D eigenvalue weighted by Crippen LogP contribution is -2.54. The molecular formula is C53H61N9O9S. The first kappa shape index (κ1) is 45.8. The van der Waals surface area contributed by atoms with Gasteiger partial charge in [0.25, 0.3) is 21.6 Å². The number of pyridine rings is 1. The number of amides is 1. The maximum absolute atomic E-state index is 14.8. The number of rotatable bonds is 10. The van der Waals surface area contributed by atoms with Crippen LogP contribution in [-0.2, 0) is 19.5 Å². The molecule has 0 unspecified atom stereocenters. The maximum atomic E-state index is 14.8. The number of likely N-dealkylation sites (tertiary alicyclic amines) is 2. The van der Waals surface area contributed by atoms with Crippen molar-refractivity contribution in [3.8, 4) is 11.6 Å². The number of sulfonamides is 1. The van der Waals surface area contributed by atoms with Gasteiger partial charge < -0.3 is 39.0 Å². The number of nitrogens with one attached hydrogen (secondary N) is 3. The number of ether oxygens (including phenoxy) is 4. The highest BCUT2D eigenvalue weighted by Crippen LogP contribution is 2.54. The molecule has 7 aliphatic heterocycles. The minimum Gasteiger partial charge on any atom is -0.489 e. The molecule has 1 saturated carbocycles. The van der Waals surface area contributed by atoms with Gasteiger partial charge in [-0.1, -0.05) is 24.3 Å². The van der Waals surface area contributed by atoms with Crippen molar-refractivity contribution in [1.29, 1.82) is 0 Å². The number of carbonyl (C=O) groups excluding carboxylic acids is 1. The van der Waals surface area contributed by atoms with Crippen LogP contribution in [-0.4, -0.2) is 135 Å². The van der Waals surface area contributed by atoms with E-state index in [4.69, 9.17) is 23.9 Å². The zero-order valence-corrected chi connectivity index (χ0v) is 41.3. The van der Waals surface area contributed by atoms with Gasteiger partial charge >= 0.3 is 0 Å². The number of nitrogens with zero attached hydrogens (tertiary/aromatic N) is 6. The highest BCUT2D eigenvalue weighted by atomic mass is 32.2. The molecule has 8 aliphatic rings. The molecule has 2 aromatic heterocycles. The lowest BCUT2D eigenvalue weighted by molar-refractivity contribution is -0.384. The van der Waals surface area contributed by atoms with Crippen LogP contribution >= 0.6 is 0 Å². The summed E-state index contributed by atoms with van der Waals surface area (Å²) in [5, 5.41) is 16.7. The molecule has 5 saturated heterocycles. The quantitative estimate of drug-likeness (QED) is 0.0949. The smallest absolute Gasteiger partial charge is 0.297 e. The number of carbonyl (C=O) groups is 1. The number of nitro benzene ring substituents is 1. The number of fused-ring (bicyclic) bond motifs is 6. The molecule has 1 amide bonds. The zero-order valence-electron chi connectivity index (χ0n) is 40.5. The van der Waals surface area contributed by atoms with E-state index in [1.807, 2.05) is 35.4 Å². The molecule has 3 aromatic carbocycles. The van der Waals surface area contributed by atoms with Crippen molar-refractivity contribution < 1.29 is 37.1 Å². The number of hydrogen-bond acceptors (Lipinski definition) is 15. The van der Waals surface area contributed by atoms with Crippen molar-refractivity contribution in [1.82, 2.24) is 24.5 Å². The number of benzene rings is 3. The van der Waals surface area contributed by atoms with E-state index in [1.165, 1.54) is 42.9 Å². The number of morpholine rings is 1. The Balaban J connectivity index is 0.791. The largest absolute Gasteiger partial charge is 0.489 e. The van der Waals surface area contributed by atoms with Gasteiger partial charge in [-0.3, -0.25) is 24.7 Å². The van der Waals surface area contributed by atoms with E-state index < -0.39 is 31.4 Å². The van der Waals surface area contributed by atoms with E-state index >= 15 is 0 Å². The number of nitro groups is 1. The van der Waals surface area contributed by atoms with Gasteiger partial charge in [-0.15, -0.1) is 0 Å². The fraction of sp³-hybridized carbons (Fsp3) is 0.509. The average molecular weight is 1000 g/mol. The summed E-state index contributed by atoms with van der Waals surface area (Å²) in [7, 11) is -4.69. The first-order valence-corrected chi connectivity index (χ1v) is 27.3. The van der Waals surface area contributed by atoms with Gasteiger partial charge in [-0.25, -0.2) is 13.1 Å². The molecule has 5 aromatic rings. The molecule has 0 radical (unpaired) electrons. The Hall–Kier alpha value is -5.99. The number of aromatic amines is 1. The Morgan fingerprint density at radius 1 is 0.972 bits per heavy atom. The Bertz CT molecular complexity index is 3060. The van der Waals surface area contributed by atoms with Crippen LogP contribution in [0.2, 0.25) is 0 Å². The molecule has 6 atom stereocenters. The molecule has 19 heteroatoms. The predicted molar refractivity (Wildman–Crippen MR) is 270 cm³/mol. The molecule has 18 nitrogen and oxygen atoms in total. The van der Waals surface area contributed by atoms with E-state index in [0.717, 1.165) is 62.6 Å². The summed E-state index contributed by atoms with van der Waals surface area (Å²) in [5.41, 5.74) is 5.60. The third-order valence-electron chi connectivity index (χ3n) is 17.3. The number of hydrogen-bond donors (Lipinski definition) is 3. The van der Waals surface area contributed by atoms with Crippen LogP contribution in [0.15, 0.2) is 77.8 Å². The number of piperidine rings is 1. The summed E-state index contributed by atoms with van der Waals surface area (Å²) in [6.07, 6.45) is 10.4. The average Bonchev–Trinajstić information content (AvgIpc) is 4.20. The Kier molecular flexibility index (Phi) is 11.4. The summed E-state index contributed by atoms with van der Waals surface area (Å²) in [4.78, 5) is 43.9. The monoisotopic (exact) mass is 999 g/mol. The summed E-state index contributed by atoms with van der Waals surface area (Å²) in [5.74, 6) is -0.546. The lowest BCUT2D eigenvalue weighted by Gasteiger charge is -2.56. The third-order valence-corrected chi connectivity index (χ3v) is 18.6. The maximum Gasteiger partial charge on any atom is 0.297 e. The highest BCUT2D eigenvalue weighted by Gasteiger charge is 2.50.